The quantitative estimate of drug-likeness (QED) is 0.915. The highest BCUT2D eigenvalue weighted by molar-refractivity contribution is 5.92. The molecule has 2 saturated carbocycles. The van der Waals surface area contributed by atoms with E-state index in [4.69, 9.17) is 0 Å². The number of amides is 1. The number of aryl methyl sites for hydroxylation is 1. The number of likely N-dealkylation sites (tertiary alicyclic amines) is 1. The molecule has 1 amide bonds. The lowest BCUT2D eigenvalue weighted by Crippen LogP contribution is -2.32. The molecule has 7 nitrogen and oxygen atoms in total. The molecule has 7 heteroatoms. The Hall–Kier alpha value is -2.18. The lowest BCUT2D eigenvalue weighted by atomic mass is 9.92. The van der Waals surface area contributed by atoms with Crippen LogP contribution in [0.3, 0.4) is 0 Å². The second-order valence-electron chi connectivity index (χ2n) is 8.49. The molecule has 138 valence electrons. The van der Waals surface area contributed by atoms with E-state index in [1.54, 1.807) is 0 Å². The van der Waals surface area contributed by atoms with Crippen LogP contribution in [0.4, 0.5) is 0 Å². The van der Waals surface area contributed by atoms with Crippen LogP contribution in [-0.4, -0.2) is 48.9 Å². The maximum Gasteiger partial charge on any atom is 0.274 e. The Morgan fingerprint density at radius 1 is 1.23 bits per heavy atom. The maximum absolute atomic E-state index is 12.7. The molecule has 0 spiro atoms. The standard InChI is InChI=1S/C19H26N6O/c1-10(2)15-7-16(22-21-15)19(26)24-8-13-14(9-24)17(13)18-23-20-11(3)25(18)12-5-4-6-12/h7,10,12-14,17H,4-6,8-9H2,1-3H3,(H,21,22)/t13-,14+,17?. The molecular formula is C19H26N6O. The van der Waals surface area contributed by atoms with E-state index in [0.717, 1.165) is 30.4 Å². The lowest BCUT2D eigenvalue weighted by Gasteiger charge is -2.29. The molecule has 1 aliphatic heterocycles. The monoisotopic (exact) mass is 354 g/mol. The third-order valence-corrected chi connectivity index (χ3v) is 6.55. The average Bonchev–Trinajstić information content (AvgIpc) is 3.02. The minimum Gasteiger partial charge on any atom is -0.337 e. The number of fused-ring (bicyclic) bond motifs is 1. The molecule has 3 aliphatic rings. The smallest absolute Gasteiger partial charge is 0.274 e. The Bertz CT molecular complexity index is 836. The topological polar surface area (TPSA) is 79.7 Å². The molecule has 3 heterocycles. The summed E-state index contributed by atoms with van der Waals surface area (Å²) in [5.74, 6) is 4.15. The SMILES string of the molecule is Cc1nnc(C2[C@H]3CN(C(=O)c4cc(C(C)C)[nH]n4)C[C@@H]23)n1C1CCC1. The van der Waals surface area contributed by atoms with Gasteiger partial charge in [-0.25, -0.2) is 0 Å². The van der Waals surface area contributed by atoms with Crippen LogP contribution in [0.2, 0.25) is 0 Å². The zero-order chi connectivity index (χ0) is 18.0. The summed E-state index contributed by atoms with van der Waals surface area (Å²) in [6.07, 6.45) is 3.80. The van der Waals surface area contributed by atoms with Gasteiger partial charge in [0.05, 0.1) is 0 Å². The van der Waals surface area contributed by atoms with Gasteiger partial charge in [0.2, 0.25) is 0 Å². The summed E-state index contributed by atoms with van der Waals surface area (Å²) >= 11 is 0. The number of nitrogens with zero attached hydrogens (tertiary/aromatic N) is 5. The summed E-state index contributed by atoms with van der Waals surface area (Å²) in [4.78, 5) is 14.7. The van der Waals surface area contributed by atoms with Gasteiger partial charge in [-0.3, -0.25) is 9.89 Å². The number of aromatic amines is 1. The highest BCUT2D eigenvalue weighted by atomic mass is 16.2. The van der Waals surface area contributed by atoms with Crippen molar-refractivity contribution >= 4 is 5.91 Å². The van der Waals surface area contributed by atoms with Crippen molar-refractivity contribution in [3.63, 3.8) is 0 Å². The first-order valence-electron chi connectivity index (χ1n) is 9.80. The summed E-state index contributed by atoms with van der Waals surface area (Å²) in [5.41, 5.74) is 1.56. The first kappa shape index (κ1) is 16.0. The molecular weight excluding hydrogens is 328 g/mol. The summed E-state index contributed by atoms with van der Waals surface area (Å²) in [6, 6.07) is 2.49. The summed E-state index contributed by atoms with van der Waals surface area (Å²) in [6.45, 7) is 7.88. The molecule has 1 unspecified atom stereocenters. The van der Waals surface area contributed by atoms with Crippen molar-refractivity contribution in [1.29, 1.82) is 0 Å². The Morgan fingerprint density at radius 2 is 1.96 bits per heavy atom. The van der Waals surface area contributed by atoms with Crippen molar-refractivity contribution in [2.75, 3.05) is 13.1 Å². The highest BCUT2D eigenvalue weighted by Crippen LogP contribution is 2.58. The van der Waals surface area contributed by atoms with Gasteiger partial charge in [-0.2, -0.15) is 5.10 Å². The number of rotatable bonds is 4. The number of hydrogen-bond acceptors (Lipinski definition) is 4. The van der Waals surface area contributed by atoms with Crippen LogP contribution >= 0.6 is 0 Å². The number of H-pyrrole nitrogens is 1. The molecule has 1 saturated heterocycles. The fourth-order valence-electron chi connectivity index (χ4n) is 4.69. The van der Waals surface area contributed by atoms with E-state index in [1.165, 1.54) is 19.3 Å². The van der Waals surface area contributed by atoms with Crippen molar-refractivity contribution in [2.24, 2.45) is 11.8 Å². The fourth-order valence-corrected chi connectivity index (χ4v) is 4.69. The van der Waals surface area contributed by atoms with E-state index < -0.39 is 0 Å². The molecule has 2 aliphatic carbocycles. The zero-order valence-electron chi connectivity index (χ0n) is 15.6. The summed E-state index contributed by atoms with van der Waals surface area (Å²) in [7, 11) is 0. The van der Waals surface area contributed by atoms with Crippen LogP contribution in [0.1, 0.15) is 78.8 Å². The molecule has 26 heavy (non-hydrogen) atoms. The third-order valence-electron chi connectivity index (χ3n) is 6.55. The lowest BCUT2D eigenvalue weighted by molar-refractivity contribution is 0.0766. The number of piperidine rings is 1. The minimum absolute atomic E-state index is 0.0516. The van der Waals surface area contributed by atoms with Crippen molar-refractivity contribution < 1.29 is 4.79 Å². The van der Waals surface area contributed by atoms with Crippen LogP contribution in [-0.2, 0) is 0 Å². The third kappa shape index (κ3) is 2.32. The van der Waals surface area contributed by atoms with E-state index >= 15 is 0 Å². The average molecular weight is 354 g/mol. The summed E-state index contributed by atoms with van der Waals surface area (Å²) in [5, 5.41) is 16.1. The first-order chi connectivity index (χ1) is 12.5. The number of carbonyl (C=O) groups excluding carboxylic acids is 1. The van der Waals surface area contributed by atoms with Gasteiger partial charge in [-0.15, -0.1) is 10.2 Å². The van der Waals surface area contributed by atoms with Crippen molar-refractivity contribution in [2.45, 2.75) is 57.9 Å². The number of hydrogen-bond donors (Lipinski definition) is 1. The van der Waals surface area contributed by atoms with Crippen molar-refractivity contribution in [1.82, 2.24) is 29.9 Å². The number of aromatic nitrogens is 5. The van der Waals surface area contributed by atoms with Gasteiger partial charge in [-0.05, 0) is 50.0 Å². The van der Waals surface area contributed by atoms with Crippen LogP contribution in [0.15, 0.2) is 6.07 Å². The molecule has 1 N–H and O–H groups in total. The zero-order valence-corrected chi connectivity index (χ0v) is 15.6. The van der Waals surface area contributed by atoms with E-state index in [2.05, 4.69) is 45.7 Å². The first-order valence-corrected chi connectivity index (χ1v) is 9.80. The Kier molecular flexibility index (Phi) is 3.49. The largest absolute Gasteiger partial charge is 0.337 e. The second-order valence-corrected chi connectivity index (χ2v) is 8.49. The van der Waals surface area contributed by atoms with Gasteiger partial charge in [0.1, 0.15) is 17.3 Å². The van der Waals surface area contributed by atoms with Crippen molar-refractivity contribution in [3.05, 3.63) is 29.1 Å². The van der Waals surface area contributed by atoms with Gasteiger partial charge in [0.25, 0.3) is 5.91 Å². The molecule has 3 fully saturated rings. The predicted octanol–water partition coefficient (Wildman–Crippen LogP) is 2.64. The maximum atomic E-state index is 12.7. The van der Waals surface area contributed by atoms with Crippen LogP contribution < -0.4 is 0 Å². The van der Waals surface area contributed by atoms with E-state index in [9.17, 15) is 4.79 Å². The Balaban J connectivity index is 1.28. The molecule has 2 aromatic heterocycles. The Labute approximate surface area is 153 Å². The van der Waals surface area contributed by atoms with E-state index in [-0.39, 0.29) is 5.91 Å². The van der Waals surface area contributed by atoms with Gasteiger partial charge >= 0.3 is 0 Å². The van der Waals surface area contributed by atoms with Crippen LogP contribution in [0.25, 0.3) is 0 Å². The van der Waals surface area contributed by atoms with Crippen molar-refractivity contribution in [3.8, 4) is 0 Å². The number of carbonyl (C=O) groups is 1. The molecule has 5 rings (SSSR count). The molecule has 3 atom stereocenters. The van der Waals surface area contributed by atoms with Crippen LogP contribution in [0.5, 0.6) is 0 Å². The van der Waals surface area contributed by atoms with Gasteiger partial charge in [-0.1, -0.05) is 13.8 Å². The molecule has 0 aromatic carbocycles. The van der Waals surface area contributed by atoms with Gasteiger partial charge in [0.15, 0.2) is 0 Å². The number of nitrogens with one attached hydrogen (secondary N) is 1. The van der Waals surface area contributed by atoms with Crippen LogP contribution in [0, 0.1) is 18.8 Å². The van der Waals surface area contributed by atoms with E-state index in [1.807, 2.05) is 11.0 Å². The van der Waals surface area contributed by atoms with Gasteiger partial charge in [0, 0.05) is 30.7 Å². The second kappa shape index (κ2) is 5.66. The molecule has 2 aromatic rings. The van der Waals surface area contributed by atoms with E-state index in [0.29, 0.717) is 35.4 Å². The molecule has 0 bridgehead atoms. The predicted molar refractivity (Wildman–Crippen MR) is 95.9 cm³/mol. The Morgan fingerprint density at radius 3 is 2.54 bits per heavy atom. The highest BCUT2D eigenvalue weighted by Gasteiger charge is 2.59. The molecule has 0 radical (unpaired) electrons. The van der Waals surface area contributed by atoms with Gasteiger partial charge < -0.3 is 9.47 Å². The summed E-state index contributed by atoms with van der Waals surface area (Å²) < 4.78 is 2.38. The fraction of sp³-hybridized carbons (Fsp3) is 0.684. The minimum atomic E-state index is 0.0516. The normalized spacial score (nSPS) is 27.7.